The minimum absolute atomic E-state index is 0.543. The summed E-state index contributed by atoms with van der Waals surface area (Å²) in [5.74, 6) is 1.86. The van der Waals surface area contributed by atoms with Crippen molar-refractivity contribution < 1.29 is 0 Å². The third kappa shape index (κ3) is 3.54. The van der Waals surface area contributed by atoms with Gasteiger partial charge >= 0.3 is 0 Å². The quantitative estimate of drug-likeness (QED) is 0.782. The highest BCUT2D eigenvalue weighted by molar-refractivity contribution is 14.1. The van der Waals surface area contributed by atoms with Crippen molar-refractivity contribution >= 4 is 28.4 Å². The van der Waals surface area contributed by atoms with Crippen LogP contribution >= 0.6 is 22.6 Å². The smallest absolute Gasteiger partial charge is 0.162 e. The van der Waals surface area contributed by atoms with Crippen molar-refractivity contribution in [2.45, 2.75) is 41.0 Å². The molecule has 112 valence electrons. The second-order valence-electron chi connectivity index (χ2n) is 6.04. The molecule has 2 N–H and O–H groups in total. The number of hydrogen-bond acceptors (Lipinski definition) is 3. The summed E-state index contributed by atoms with van der Waals surface area (Å²) < 4.78 is 0.978. The number of aromatic nitrogens is 2. The van der Waals surface area contributed by atoms with E-state index < -0.39 is 0 Å². The molecule has 2 rings (SSSR count). The molecule has 0 amide bonds. The largest absolute Gasteiger partial charge is 0.383 e. The Labute approximate surface area is 140 Å². The van der Waals surface area contributed by atoms with E-state index >= 15 is 0 Å². The number of benzene rings is 1. The van der Waals surface area contributed by atoms with E-state index in [2.05, 4.69) is 74.3 Å². The molecule has 1 aromatic heterocycles. The Kier molecular flexibility index (Phi) is 4.86. The van der Waals surface area contributed by atoms with E-state index in [0.717, 1.165) is 27.1 Å². The molecular formula is C17H22IN3. The predicted octanol–water partition coefficient (Wildman–Crippen LogP) is 4.45. The number of nitrogens with zero attached hydrogens (tertiary/aromatic N) is 2. The highest BCUT2D eigenvalue weighted by atomic mass is 127. The summed E-state index contributed by atoms with van der Waals surface area (Å²) in [7, 11) is 0. The van der Waals surface area contributed by atoms with Crippen LogP contribution in [0.15, 0.2) is 12.1 Å². The molecule has 0 bridgehead atoms. The summed E-state index contributed by atoms with van der Waals surface area (Å²) in [5.41, 5.74) is 11.9. The number of halogens is 1. The Morgan fingerprint density at radius 2 is 1.67 bits per heavy atom. The molecule has 0 saturated heterocycles. The fraction of sp³-hybridized carbons (Fsp3) is 0.412. The molecule has 0 atom stereocenters. The Balaban J connectivity index is 2.59. The van der Waals surface area contributed by atoms with Gasteiger partial charge in [-0.15, -0.1) is 0 Å². The summed E-state index contributed by atoms with van der Waals surface area (Å²) in [5, 5.41) is 0. The maximum Gasteiger partial charge on any atom is 0.162 e. The second kappa shape index (κ2) is 6.30. The van der Waals surface area contributed by atoms with Crippen molar-refractivity contribution in [3.63, 3.8) is 0 Å². The lowest BCUT2D eigenvalue weighted by Gasteiger charge is -2.13. The van der Waals surface area contributed by atoms with Crippen LogP contribution in [-0.2, 0) is 6.42 Å². The molecular weight excluding hydrogens is 373 g/mol. The minimum atomic E-state index is 0.543. The van der Waals surface area contributed by atoms with Crippen LogP contribution in [0.5, 0.6) is 0 Å². The van der Waals surface area contributed by atoms with Gasteiger partial charge in [-0.3, -0.25) is 0 Å². The summed E-state index contributed by atoms with van der Waals surface area (Å²) in [6.45, 7) is 10.7. The summed E-state index contributed by atoms with van der Waals surface area (Å²) in [4.78, 5) is 9.28. The fourth-order valence-corrected chi connectivity index (χ4v) is 2.82. The zero-order valence-electron chi connectivity index (χ0n) is 13.3. The van der Waals surface area contributed by atoms with Crippen LogP contribution < -0.4 is 5.73 Å². The fourth-order valence-electron chi connectivity index (χ4n) is 2.36. The van der Waals surface area contributed by atoms with E-state index in [1.807, 2.05) is 0 Å². The molecule has 1 heterocycles. The first-order valence-electron chi connectivity index (χ1n) is 7.19. The van der Waals surface area contributed by atoms with E-state index in [-0.39, 0.29) is 0 Å². The van der Waals surface area contributed by atoms with Crippen molar-refractivity contribution in [2.75, 3.05) is 5.73 Å². The number of nitrogen functional groups attached to an aromatic ring is 1. The Hall–Kier alpha value is -1.17. The highest BCUT2D eigenvalue weighted by Crippen LogP contribution is 2.27. The van der Waals surface area contributed by atoms with Gasteiger partial charge in [0, 0.05) is 5.56 Å². The van der Waals surface area contributed by atoms with Crippen LogP contribution in [0.25, 0.3) is 11.4 Å². The molecule has 1 aromatic carbocycles. The topological polar surface area (TPSA) is 51.8 Å². The van der Waals surface area contributed by atoms with Gasteiger partial charge in [0.25, 0.3) is 0 Å². The molecule has 0 saturated carbocycles. The third-order valence-corrected chi connectivity index (χ3v) is 4.80. The third-order valence-electron chi connectivity index (χ3n) is 3.63. The van der Waals surface area contributed by atoms with E-state index in [4.69, 9.17) is 10.7 Å². The van der Waals surface area contributed by atoms with Gasteiger partial charge in [-0.25, -0.2) is 9.97 Å². The van der Waals surface area contributed by atoms with Crippen LogP contribution in [0, 0.1) is 30.3 Å². The first kappa shape index (κ1) is 16.2. The van der Waals surface area contributed by atoms with Gasteiger partial charge in [-0.05, 0) is 78.5 Å². The maximum atomic E-state index is 6.09. The van der Waals surface area contributed by atoms with E-state index in [1.54, 1.807) is 0 Å². The molecule has 0 aliphatic heterocycles. The van der Waals surface area contributed by atoms with Crippen LogP contribution in [0.4, 0.5) is 5.82 Å². The van der Waals surface area contributed by atoms with Crippen LogP contribution in [-0.4, -0.2) is 9.97 Å². The van der Waals surface area contributed by atoms with Gasteiger partial charge in [0.05, 0.1) is 9.26 Å². The molecule has 0 aliphatic carbocycles. The molecule has 2 aromatic rings. The normalized spacial score (nSPS) is 11.2. The predicted molar refractivity (Wildman–Crippen MR) is 97.4 cm³/mol. The summed E-state index contributed by atoms with van der Waals surface area (Å²) in [6.07, 6.45) is 0.919. The average Bonchev–Trinajstić information content (AvgIpc) is 2.38. The van der Waals surface area contributed by atoms with Crippen molar-refractivity contribution in [3.05, 3.63) is 38.1 Å². The average molecular weight is 395 g/mol. The number of rotatable bonds is 3. The van der Waals surface area contributed by atoms with E-state index in [0.29, 0.717) is 11.7 Å². The standard InChI is InChI=1S/C17H22IN3/c1-9(2)6-14-15(18)16(19)21-17(20-14)13-8-11(4)10(3)7-12(13)5/h7-9H,6H2,1-5H3,(H2,19,20,21). The lowest BCUT2D eigenvalue weighted by molar-refractivity contribution is 0.632. The Morgan fingerprint density at radius 1 is 1.05 bits per heavy atom. The molecule has 4 heteroatoms. The second-order valence-corrected chi connectivity index (χ2v) is 7.12. The molecule has 21 heavy (non-hydrogen) atoms. The zero-order chi connectivity index (χ0) is 15.7. The minimum Gasteiger partial charge on any atom is -0.383 e. The Bertz CT molecular complexity index is 678. The Morgan fingerprint density at radius 3 is 2.29 bits per heavy atom. The molecule has 0 fully saturated rings. The van der Waals surface area contributed by atoms with Crippen molar-refractivity contribution in [3.8, 4) is 11.4 Å². The summed E-state index contributed by atoms with van der Waals surface area (Å²) >= 11 is 2.24. The summed E-state index contributed by atoms with van der Waals surface area (Å²) in [6, 6.07) is 4.34. The lowest BCUT2D eigenvalue weighted by Crippen LogP contribution is -2.08. The first-order valence-corrected chi connectivity index (χ1v) is 8.27. The van der Waals surface area contributed by atoms with Crippen LogP contribution in [0.1, 0.15) is 36.2 Å². The lowest BCUT2D eigenvalue weighted by atomic mass is 10.00. The molecule has 0 aliphatic rings. The number of hydrogen-bond donors (Lipinski definition) is 1. The first-order chi connectivity index (χ1) is 9.79. The van der Waals surface area contributed by atoms with E-state index in [9.17, 15) is 0 Å². The van der Waals surface area contributed by atoms with Gasteiger partial charge in [-0.2, -0.15) is 0 Å². The van der Waals surface area contributed by atoms with Crippen LogP contribution in [0.3, 0.4) is 0 Å². The van der Waals surface area contributed by atoms with Gasteiger partial charge in [0.15, 0.2) is 5.82 Å². The van der Waals surface area contributed by atoms with Crippen molar-refractivity contribution in [1.29, 1.82) is 0 Å². The molecule has 0 radical (unpaired) electrons. The highest BCUT2D eigenvalue weighted by Gasteiger charge is 2.14. The van der Waals surface area contributed by atoms with Gasteiger partial charge < -0.3 is 5.73 Å². The zero-order valence-corrected chi connectivity index (χ0v) is 15.4. The van der Waals surface area contributed by atoms with Gasteiger partial charge in [-0.1, -0.05) is 19.9 Å². The number of anilines is 1. The van der Waals surface area contributed by atoms with Crippen molar-refractivity contribution in [1.82, 2.24) is 9.97 Å². The molecule has 0 spiro atoms. The maximum absolute atomic E-state index is 6.09. The number of aryl methyl sites for hydroxylation is 3. The van der Waals surface area contributed by atoms with Crippen LogP contribution in [0.2, 0.25) is 0 Å². The molecule has 0 unspecified atom stereocenters. The van der Waals surface area contributed by atoms with E-state index in [1.165, 1.54) is 16.7 Å². The monoisotopic (exact) mass is 395 g/mol. The number of nitrogens with two attached hydrogens (primary N) is 1. The van der Waals surface area contributed by atoms with Crippen molar-refractivity contribution in [2.24, 2.45) is 5.92 Å². The SMILES string of the molecule is Cc1cc(C)c(-c2nc(N)c(I)c(CC(C)C)n2)cc1C. The molecule has 3 nitrogen and oxygen atoms in total. The van der Waals surface area contributed by atoms with Gasteiger partial charge in [0.2, 0.25) is 0 Å². The van der Waals surface area contributed by atoms with Gasteiger partial charge in [0.1, 0.15) is 5.82 Å².